The minimum atomic E-state index is -1.09. The van der Waals surface area contributed by atoms with E-state index in [0.29, 0.717) is 12.4 Å². The van der Waals surface area contributed by atoms with E-state index >= 15 is 0 Å². The summed E-state index contributed by atoms with van der Waals surface area (Å²) in [5.74, 6) is -0.654. The summed E-state index contributed by atoms with van der Waals surface area (Å²) in [7, 11) is 0. The molecule has 0 bridgehead atoms. The van der Waals surface area contributed by atoms with Crippen molar-refractivity contribution in [2.45, 2.75) is 20.4 Å². The molecule has 16 heavy (non-hydrogen) atoms. The van der Waals surface area contributed by atoms with Crippen LogP contribution in [0.15, 0.2) is 6.07 Å². The van der Waals surface area contributed by atoms with Crippen molar-refractivity contribution >= 4 is 17.6 Å². The summed E-state index contributed by atoms with van der Waals surface area (Å²) in [6, 6.07) is 1.25. The number of rotatable bonds is 5. The second-order valence-electron chi connectivity index (χ2n) is 3.26. The predicted molar refractivity (Wildman–Crippen MR) is 60.6 cm³/mol. The van der Waals surface area contributed by atoms with E-state index in [1.807, 2.05) is 13.8 Å². The predicted octanol–water partition coefficient (Wildman–Crippen LogP) is 1.67. The molecule has 0 unspecified atom stereocenters. The minimum Gasteiger partial charge on any atom is -0.477 e. The number of carboxylic acid groups (broad SMARTS) is 1. The van der Waals surface area contributed by atoms with Crippen LogP contribution in [0.3, 0.4) is 0 Å². The molecule has 1 rings (SSSR count). The zero-order valence-corrected chi connectivity index (χ0v) is 10.0. The van der Waals surface area contributed by atoms with Gasteiger partial charge in [0.2, 0.25) is 0 Å². The van der Waals surface area contributed by atoms with Gasteiger partial charge in [0.05, 0.1) is 6.54 Å². The molecule has 0 spiro atoms. The van der Waals surface area contributed by atoms with Crippen molar-refractivity contribution in [1.82, 2.24) is 14.9 Å². The lowest BCUT2D eigenvalue weighted by molar-refractivity contribution is 0.0689. The Balaban J connectivity index is 2.91. The highest BCUT2D eigenvalue weighted by Gasteiger charge is 2.11. The fourth-order valence-electron chi connectivity index (χ4n) is 1.29. The second kappa shape index (κ2) is 5.77. The quantitative estimate of drug-likeness (QED) is 0.797. The Morgan fingerprint density at radius 1 is 1.44 bits per heavy atom. The lowest BCUT2D eigenvalue weighted by atomic mass is 10.4. The van der Waals surface area contributed by atoms with E-state index in [2.05, 4.69) is 14.9 Å². The highest BCUT2D eigenvalue weighted by molar-refractivity contribution is 6.29. The van der Waals surface area contributed by atoms with E-state index in [-0.39, 0.29) is 10.8 Å². The summed E-state index contributed by atoms with van der Waals surface area (Å²) in [6.07, 6.45) is 0. The third-order valence-electron chi connectivity index (χ3n) is 2.22. The van der Waals surface area contributed by atoms with E-state index < -0.39 is 5.97 Å². The number of halogens is 1. The van der Waals surface area contributed by atoms with Crippen molar-refractivity contribution in [3.05, 3.63) is 22.7 Å². The van der Waals surface area contributed by atoms with Crippen molar-refractivity contribution in [2.75, 3.05) is 13.1 Å². The number of aromatic nitrogens is 2. The van der Waals surface area contributed by atoms with Gasteiger partial charge in [0, 0.05) is 6.07 Å². The first-order valence-corrected chi connectivity index (χ1v) is 5.43. The van der Waals surface area contributed by atoms with Crippen LogP contribution in [0.4, 0.5) is 0 Å². The molecule has 88 valence electrons. The van der Waals surface area contributed by atoms with Crippen LogP contribution in [0.5, 0.6) is 0 Å². The van der Waals surface area contributed by atoms with Gasteiger partial charge in [-0.2, -0.15) is 0 Å². The number of hydrogen-bond acceptors (Lipinski definition) is 4. The van der Waals surface area contributed by atoms with Crippen molar-refractivity contribution in [2.24, 2.45) is 0 Å². The van der Waals surface area contributed by atoms with Crippen molar-refractivity contribution < 1.29 is 9.90 Å². The fraction of sp³-hybridized carbons (Fsp3) is 0.500. The molecule has 6 heteroatoms. The van der Waals surface area contributed by atoms with Gasteiger partial charge in [-0.25, -0.2) is 14.8 Å². The Morgan fingerprint density at radius 3 is 2.56 bits per heavy atom. The molecule has 1 aromatic heterocycles. The van der Waals surface area contributed by atoms with Gasteiger partial charge in [-0.1, -0.05) is 25.4 Å². The molecule has 0 fully saturated rings. The Morgan fingerprint density at radius 2 is 2.06 bits per heavy atom. The maximum Gasteiger partial charge on any atom is 0.354 e. The third-order valence-corrected chi connectivity index (χ3v) is 2.41. The summed E-state index contributed by atoms with van der Waals surface area (Å²) in [5, 5.41) is 8.98. The molecule has 5 nitrogen and oxygen atoms in total. The maximum absolute atomic E-state index is 10.8. The van der Waals surface area contributed by atoms with Crippen LogP contribution in [-0.2, 0) is 6.54 Å². The van der Waals surface area contributed by atoms with Crippen LogP contribution in [0.1, 0.15) is 30.2 Å². The molecule has 0 aliphatic rings. The van der Waals surface area contributed by atoms with Gasteiger partial charge in [0.1, 0.15) is 11.0 Å². The number of carbonyl (C=O) groups is 1. The molecule has 1 N–H and O–H groups in total. The summed E-state index contributed by atoms with van der Waals surface area (Å²) in [6.45, 7) is 6.26. The number of hydrogen-bond donors (Lipinski definition) is 1. The fourth-order valence-corrected chi connectivity index (χ4v) is 1.49. The normalized spacial score (nSPS) is 10.8. The van der Waals surface area contributed by atoms with Gasteiger partial charge in [-0.05, 0) is 13.1 Å². The van der Waals surface area contributed by atoms with E-state index in [4.69, 9.17) is 16.7 Å². The molecular formula is C10H14ClN3O2. The van der Waals surface area contributed by atoms with Crippen molar-refractivity contribution in [1.29, 1.82) is 0 Å². The van der Waals surface area contributed by atoms with E-state index in [1.165, 1.54) is 6.07 Å². The average molecular weight is 244 g/mol. The Hall–Kier alpha value is -1.20. The lowest BCUT2D eigenvalue weighted by Gasteiger charge is -2.16. The van der Waals surface area contributed by atoms with Crippen LogP contribution >= 0.6 is 11.6 Å². The topological polar surface area (TPSA) is 66.3 Å². The molecule has 0 aliphatic carbocycles. The van der Waals surface area contributed by atoms with Gasteiger partial charge in [0.15, 0.2) is 5.69 Å². The second-order valence-corrected chi connectivity index (χ2v) is 3.65. The highest BCUT2D eigenvalue weighted by Crippen LogP contribution is 2.09. The molecular weight excluding hydrogens is 230 g/mol. The van der Waals surface area contributed by atoms with Crippen LogP contribution in [0.25, 0.3) is 0 Å². The smallest absolute Gasteiger partial charge is 0.354 e. The average Bonchev–Trinajstić information content (AvgIpc) is 2.25. The van der Waals surface area contributed by atoms with E-state index in [0.717, 1.165) is 13.1 Å². The van der Waals surface area contributed by atoms with Gasteiger partial charge in [0.25, 0.3) is 0 Å². The van der Waals surface area contributed by atoms with Crippen LogP contribution in [0.2, 0.25) is 5.15 Å². The van der Waals surface area contributed by atoms with Crippen molar-refractivity contribution in [3.8, 4) is 0 Å². The number of carboxylic acids is 1. The van der Waals surface area contributed by atoms with Gasteiger partial charge < -0.3 is 5.11 Å². The van der Waals surface area contributed by atoms with Crippen LogP contribution in [0, 0.1) is 0 Å². The number of nitrogens with zero attached hydrogens (tertiary/aromatic N) is 3. The molecule has 0 aliphatic heterocycles. The van der Waals surface area contributed by atoms with Gasteiger partial charge >= 0.3 is 5.97 Å². The number of aromatic carboxylic acids is 1. The largest absolute Gasteiger partial charge is 0.477 e. The lowest BCUT2D eigenvalue weighted by Crippen LogP contribution is -2.24. The van der Waals surface area contributed by atoms with E-state index in [9.17, 15) is 4.79 Å². The summed E-state index contributed by atoms with van der Waals surface area (Å²) in [4.78, 5) is 20.8. The van der Waals surface area contributed by atoms with E-state index in [1.54, 1.807) is 0 Å². The zero-order valence-electron chi connectivity index (χ0n) is 9.27. The molecule has 0 saturated carbocycles. The zero-order chi connectivity index (χ0) is 12.1. The standard InChI is InChI=1S/C10H14ClN3O2/c1-3-14(4-2)6-9-12-7(10(15)16)5-8(11)13-9/h5H,3-4,6H2,1-2H3,(H,15,16). The molecule has 0 radical (unpaired) electrons. The van der Waals surface area contributed by atoms with Gasteiger partial charge in [-0.15, -0.1) is 0 Å². The molecule has 1 aromatic rings. The van der Waals surface area contributed by atoms with Crippen LogP contribution in [-0.4, -0.2) is 39.0 Å². The first kappa shape index (κ1) is 12.9. The van der Waals surface area contributed by atoms with Gasteiger partial charge in [-0.3, -0.25) is 4.90 Å². The molecule has 1 heterocycles. The first-order chi connectivity index (χ1) is 7.56. The Bertz CT molecular complexity index is 380. The molecule has 0 atom stereocenters. The molecule has 0 saturated heterocycles. The summed E-state index contributed by atoms with van der Waals surface area (Å²) >= 11 is 5.73. The third kappa shape index (κ3) is 3.43. The Labute approximate surface area is 99.1 Å². The maximum atomic E-state index is 10.8. The highest BCUT2D eigenvalue weighted by atomic mass is 35.5. The SMILES string of the molecule is CCN(CC)Cc1nc(Cl)cc(C(=O)O)n1. The molecule has 0 aromatic carbocycles. The minimum absolute atomic E-state index is 0.0674. The monoisotopic (exact) mass is 243 g/mol. The molecule has 0 amide bonds. The summed E-state index contributed by atoms with van der Waals surface area (Å²) < 4.78 is 0. The summed E-state index contributed by atoms with van der Waals surface area (Å²) in [5.41, 5.74) is -0.0674. The first-order valence-electron chi connectivity index (χ1n) is 5.05. The van der Waals surface area contributed by atoms with Crippen LogP contribution < -0.4 is 0 Å². The van der Waals surface area contributed by atoms with Crippen molar-refractivity contribution in [3.63, 3.8) is 0 Å². The Kier molecular flexibility index (Phi) is 4.64.